The van der Waals surface area contributed by atoms with E-state index in [2.05, 4.69) is 83.1 Å². The molecule has 0 aromatic carbocycles. The van der Waals surface area contributed by atoms with Crippen molar-refractivity contribution < 1.29 is 78.3 Å². The number of amides is 10. The van der Waals surface area contributed by atoms with Crippen molar-refractivity contribution in [1.29, 1.82) is 0 Å². The van der Waals surface area contributed by atoms with Crippen LogP contribution in [0.2, 0.25) is 0 Å². The van der Waals surface area contributed by atoms with Crippen molar-refractivity contribution >= 4 is 103 Å². The number of carbonyl (C=O) groups is 11. The van der Waals surface area contributed by atoms with Gasteiger partial charge in [0.05, 0.1) is 38.8 Å². The van der Waals surface area contributed by atoms with Crippen molar-refractivity contribution in [2.45, 2.75) is 106 Å². The Balaban J connectivity index is 0.0000266. The number of carboxylic acids is 1. The lowest BCUT2D eigenvalue weighted by Gasteiger charge is -2.30. The average molecular weight is 1100 g/mol. The minimum atomic E-state index is -1.82. The lowest BCUT2D eigenvalue weighted by atomic mass is 10.1. The number of likely N-dealkylation sites (tertiary alicyclic amines) is 1. The van der Waals surface area contributed by atoms with E-state index in [9.17, 15) is 73.2 Å². The van der Waals surface area contributed by atoms with Crippen LogP contribution < -0.4 is 59.3 Å². The first-order valence-corrected chi connectivity index (χ1v) is 23.8. The van der Waals surface area contributed by atoms with Gasteiger partial charge in [-0.25, -0.2) is 4.98 Å². The van der Waals surface area contributed by atoms with Gasteiger partial charge in [-0.15, -0.1) is 12.4 Å². The van der Waals surface area contributed by atoms with Crippen molar-refractivity contribution in [2.75, 3.05) is 57.6 Å². The molecule has 30 nitrogen and oxygen atoms in total. The first-order chi connectivity index (χ1) is 34.2. The van der Waals surface area contributed by atoms with Gasteiger partial charge in [0.1, 0.15) is 60.9 Å². The highest BCUT2D eigenvalue weighted by Crippen LogP contribution is 2.19. The molecule has 10 amide bonds. The molecule has 0 bridgehead atoms. The van der Waals surface area contributed by atoms with E-state index >= 15 is 0 Å². The fourth-order valence-corrected chi connectivity index (χ4v) is 7.25. The maximum Gasteiger partial charge on any atom is 0.322 e. The largest absolute Gasteiger partial charge is 0.480 e. The van der Waals surface area contributed by atoms with Crippen LogP contribution in [0.1, 0.15) is 44.7 Å². The third kappa shape index (κ3) is 21.3. The van der Waals surface area contributed by atoms with Crippen LogP contribution in [-0.4, -0.2) is 223 Å². The van der Waals surface area contributed by atoms with Gasteiger partial charge in [-0.3, -0.25) is 52.7 Å². The molecule has 0 unspecified atom stereocenters. The van der Waals surface area contributed by atoms with Crippen LogP contribution in [0, 0.1) is 0 Å². The zero-order valence-corrected chi connectivity index (χ0v) is 42.2. The number of nitrogens with zero attached hydrogens (tertiary/aromatic N) is 2. The summed E-state index contributed by atoms with van der Waals surface area (Å²) in [5.41, 5.74) is 11.5. The van der Waals surface area contributed by atoms with Crippen LogP contribution in [0.3, 0.4) is 0 Å². The minimum Gasteiger partial charge on any atom is -0.480 e. The first-order valence-electron chi connectivity index (χ1n) is 22.5. The van der Waals surface area contributed by atoms with Crippen molar-refractivity contribution in [3.05, 3.63) is 18.2 Å². The van der Waals surface area contributed by atoms with E-state index < -0.39 is 158 Å². The third-order valence-corrected chi connectivity index (χ3v) is 11.5. The van der Waals surface area contributed by atoms with Crippen molar-refractivity contribution in [3.8, 4) is 0 Å². The number of aliphatic hydroxyl groups is 4. The van der Waals surface area contributed by atoms with Gasteiger partial charge in [-0.05, 0) is 45.6 Å². The number of halogens is 1. The predicted octanol–water partition coefficient (Wildman–Crippen LogP) is -9.25. The van der Waals surface area contributed by atoms with Gasteiger partial charge in [-0.2, -0.15) is 25.3 Å². The van der Waals surface area contributed by atoms with E-state index in [1.165, 1.54) is 19.4 Å². The van der Waals surface area contributed by atoms with Crippen LogP contribution in [-0.2, 0) is 59.2 Å². The van der Waals surface area contributed by atoms with E-state index in [4.69, 9.17) is 16.6 Å². The summed E-state index contributed by atoms with van der Waals surface area (Å²) in [6.45, 7) is -3.42. The number of aliphatic hydroxyl groups excluding tert-OH is 4. The van der Waals surface area contributed by atoms with Gasteiger partial charge in [-0.1, -0.05) is 0 Å². The Morgan fingerprint density at radius 3 is 1.62 bits per heavy atom. The number of aromatic nitrogens is 2. The highest BCUT2D eigenvalue weighted by atomic mass is 35.5. The number of aliphatic carboxylic acids is 1. The molecule has 0 spiro atoms. The Bertz CT molecular complexity index is 2030. The second kappa shape index (κ2) is 33.8. The van der Waals surface area contributed by atoms with E-state index in [-0.39, 0.29) is 69.1 Å². The van der Waals surface area contributed by atoms with Gasteiger partial charge in [0.2, 0.25) is 59.1 Å². The monoisotopic (exact) mass is 1100 g/mol. The van der Waals surface area contributed by atoms with Gasteiger partial charge in [0, 0.05) is 36.4 Å². The van der Waals surface area contributed by atoms with E-state index in [0.717, 1.165) is 4.90 Å². The fourth-order valence-electron chi connectivity index (χ4n) is 6.74. The number of nitrogens with one attached hydrogen (secondary N) is 10. The summed E-state index contributed by atoms with van der Waals surface area (Å²) in [5, 5.41) is 69.7. The minimum absolute atomic E-state index is 0. The summed E-state index contributed by atoms with van der Waals surface area (Å²) < 4.78 is 0. The zero-order chi connectivity index (χ0) is 54.1. The molecule has 1 aliphatic heterocycles. The van der Waals surface area contributed by atoms with Gasteiger partial charge in [0.25, 0.3) is 0 Å². The molecule has 0 aliphatic carbocycles. The summed E-state index contributed by atoms with van der Waals surface area (Å²) in [5.74, 6) is -11.6. The number of imidazole rings is 1. The van der Waals surface area contributed by atoms with Crippen molar-refractivity contribution in [3.63, 3.8) is 0 Å². The molecule has 2 rings (SSSR count). The van der Waals surface area contributed by atoms with E-state index in [0.29, 0.717) is 12.1 Å². The predicted molar refractivity (Wildman–Crippen MR) is 263 cm³/mol. The molecule has 19 N–H and O–H groups in total. The second-order valence-corrected chi connectivity index (χ2v) is 17.0. The summed E-state index contributed by atoms with van der Waals surface area (Å²) in [7, 11) is 0. The zero-order valence-electron chi connectivity index (χ0n) is 39.6. The number of hydrogen-bond acceptors (Lipinski definition) is 20. The smallest absolute Gasteiger partial charge is 0.322 e. The molecular formula is C40H67ClN14O16S2. The first kappa shape index (κ1) is 65.1. The number of aromatic amines is 1. The number of H-pyrrole nitrogens is 1. The highest BCUT2D eigenvalue weighted by Gasteiger charge is 2.40. The molecule has 1 saturated heterocycles. The maximum atomic E-state index is 13.8. The number of unbranched alkanes of at least 4 members (excludes halogenated alkanes) is 1. The Morgan fingerprint density at radius 2 is 1.12 bits per heavy atom. The summed E-state index contributed by atoms with van der Waals surface area (Å²) in [6, 6.07) is -14.8. The Labute approximate surface area is 435 Å². The topological polar surface area (TPSA) is 481 Å². The highest BCUT2D eigenvalue weighted by molar-refractivity contribution is 7.80. The maximum absolute atomic E-state index is 13.8. The molecule has 0 radical (unpaired) electrons. The van der Waals surface area contributed by atoms with Crippen LogP contribution in [0.4, 0.5) is 0 Å². The lowest BCUT2D eigenvalue weighted by molar-refractivity contribution is -0.143. The number of rotatable bonds is 32. The van der Waals surface area contributed by atoms with Crippen LogP contribution in [0.15, 0.2) is 12.5 Å². The number of nitrogens with two attached hydrogens (primary N) is 2. The Hall–Kier alpha value is -5.87. The van der Waals surface area contributed by atoms with Gasteiger partial charge in [0.15, 0.2) is 0 Å². The fraction of sp³-hybridized carbons (Fsp3) is 0.650. The van der Waals surface area contributed by atoms with Crippen LogP contribution in [0.5, 0.6) is 0 Å². The third-order valence-electron chi connectivity index (χ3n) is 10.7. The molecule has 1 aromatic rings. The summed E-state index contributed by atoms with van der Waals surface area (Å²) >= 11 is 8.06. The number of carbonyl (C=O) groups excluding carboxylic acids is 10. The number of thiol groups is 2. The molecule has 73 heavy (non-hydrogen) atoms. The van der Waals surface area contributed by atoms with Crippen LogP contribution in [0.25, 0.3) is 0 Å². The standard InChI is InChI=1S/C40H66N14O16S2.ClH/c1-19(42)31(61)52-28(17-72)38(68)49-23(12-55)36(66)48-24(13-56)37(67)51-26(15-58)40(70)54-8-4-6-29(54)39(69)50-25(14-57)35(65)46-21(5-2-3-7-41)33(63)47-22(9-20-10-43-18-45-20)34(64)53-27(16-71)32(62)44-11-30(59)60;/h10,18-19,21-29,55-58,71-72H,2-9,11-17,41-42H2,1H3,(H,43,45)(H,44,62)(H,46,65)(H,47,63)(H,48,66)(H,49,68)(H,50,69)(H,51,67)(H,52,61)(H,53,64)(H,59,60);1H/t19-,21-,22-,23-,24-,25-,26-,27-,28-,29-;/m0./s1. The molecular weight excluding hydrogens is 1030 g/mol. The molecule has 2 heterocycles. The van der Waals surface area contributed by atoms with Gasteiger partial charge >= 0.3 is 5.97 Å². The van der Waals surface area contributed by atoms with E-state index in [1.54, 1.807) is 0 Å². The Kier molecular flexibility index (Phi) is 30.1. The van der Waals surface area contributed by atoms with Crippen molar-refractivity contribution in [1.82, 2.24) is 62.7 Å². The molecule has 10 atom stereocenters. The molecule has 412 valence electrons. The lowest BCUT2D eigenvalue weighted by Crippen LogP contribution is -2.62. The molecule has 0 saturated carbocycles. The molecule has 1 aliphatic rings. The summed E-state index contributed by atoms with van der Waals surface area (Å²) in [6.07, 6.45) is 3.31. The SMILES string of the molecule is C[C@H](N)C(=O)N[C@@H](CS)C(=O)N[C@@H](CO)C(=O)N[C@@H](CO)C(=O)N[C@@H](CO)C(=O)N1CCC[C@H]1C(=O)N[C@@H](CO)C(=O)N[C@@H](CCCCN)C(=O)N[C@@H](Cc1cnc[nH]1)C(=O)N[C@@H](CS)C(=O)NCC(=O)O.Cl. The average Bonchev–Trinajstić information content (AvgIpc) is 4.08. The second-order valence-electron chi connectivity index (χ2n) is 16.2. The molecule has 33 heteroatoms. The molecule has 1 aromatic heterocycles. The Morgan fingerprint density at radius 1 is 0.671 bits per heavy atom. The summed E-state index contributed by atoms with van der Waals surface area (Å²) in [4.78, 5) is 150. The number of hydrogen-bond donors (Lipinski definition) is 19. The van der Waals surface area contributed by atoms with Crippen molar-refractivity contribution in [2.24, 2.45) is 11.5 Å². The van der Waals surface area contributed by atoms with Crippen LogP contribution >= 0.6 is 37.7 Å². The number of carboxylic acid groups (broad SMARTS) is 1. The van der Waals surface area contributed by atoms with E-state index in [1.807, 2.05) is 0 Å². The normalized spacial score (nSPS) is 16.7. The van der Waals surface area contributed by atoms with Gasteiger partial charge < -0.3 is 94.7 Å². The quantitative estimate of drug-likeness (QED) is 0.0235. The molecule has 1 fully saturated rings.